The molecule has 1 aliphatic rings. The number of likely N-dealkylation sites (tertiary alicyclic amines) is 1. The lowest BCUT2D eigenvalue weighted by atomic mass is 10.0. The molecule has 1 aliphatic heterocycles. The minimum Gasteiger partial charge on any atom is -0.490 e. The summed E-state index contributed by atoms with van der Waals surface area (Å²) in [7, 11) is 0. The van der Waals surface area contributed by atoms with Gasteiger partial charge in [0.05, 0.1) is 6.61 Å². The van der Waals surface area contributed by atoms with Crippen molar-refractivity contribution >= 4 is 5.91 Å². The molecular formula is C21H26N2O3. The van der Waals surface area contributed by atoms with Gasteiger partial charge in [-0.2, -0.15) is 0 Å². The second-order valence-corrected chi connectivity index (χ2v) is 6.59. The molecule has 0 radical (unpaired) electrons. The molecule has 1 amide bonds. The number of aromatic nitrogens is 1. The number of hydrogen-bond donors (Lipinski definition) is 0. The lowest BCUT2D eigenvalue weighted by molar-refractivity contribution is 0.0635. The van der Waals surface area contributed by atoms with Crippen molar-refractivity contribution in [1.29, 1.82) is 0 Å². The molecule has 3 rings (SSSR count). The molecule has 1 unspecified atom stereocenters. The summed E-state index contributed by atoms with van der Waals surface area (Å²) in [5, 5.41) is 0. The molecule has 5 nitrogen and oxygen atoms in total. The Labute approximate surface area is 155 Å². The molecule has 0 saturated carbocycles. The highest BCUT2D eigenvalue weighted by molar-refractivity contribution is 5.95. The number of carbonyl (C=O) groups excluding carboxylic acids is 1. The number of ether oxygens (including phenoxy) is 2. The molecule has 1 aromatic carbocycles. The molecule has 2 aromatic rings. The summed E-state index contributed by atoms with van der Waals surface area (Å²) in [5.41, 5.74) is 1.63. The number of amides is 1. The fourth-order valence-electron chi connectivity index (χ4n) is 3.24. The highest BCUT2D eigenvalue weighted by Gasteiger charge is 2.25. The van der Waals surface area contributed by atoms with Crippen LogP contribution >= 0.6 is 0 Å². The van der Waals surface area contributed by atoms with Gasteiger partial charge in [-0.05, 0) is 57.4 Å². The van der Waals surface area contributed by atoms with E-state index in [1.807, 2.05) is 36.1 Å². The predicted molar refractivity (Wildman–Crippen MR) is 101 cm³/mol. The maximum absolute atomic E-state index is 12.9. The minimum absolute atomic E-state index is 0.0666. The number of carbonyl (C=O) groups is 1. The van der Waals surface area contributed by atoms with Crippen LogP contribution in [0.25, 0.3) is 0 Å². The van der Waals surface area contributed by atoms with Crippen molar-refractivity contribution in [2.24, 2.45) is 0 Å². The van der Waals surface area contributed by atoms with E-state index in [-0.39, 0.29) is 11.9 Å². The molecule has 1 fully saturated rings. The van der Waals surface area contributed by atoms with Gasteiger partial charge >= 0.3 is 0 Å². The van der Waals surface area contributed by atoms with Gasteiger partial charge < -0.3 is 14.4 Å². The summed E-state index contributed by atoms with van der Waals surface area (Å²) in [4.78, 5) is 18.9. The average molecular weight is 354 g/mol. The highest BCUT2D eigenvalue weighted by atomic mass is 16.5. The zero-order chi connectivity index (χ0) is 18.4. The molecule has 5 heteroatoms. The van der Waals surface area contributed by atoms with Crippen molar-refractivity contribution in [2.75, 3.05) is 13.2 Å². The number of rotatable bonds is 6. The van der Waals surface area contributed by atoms with Gasteiger partial charge in [0.25, 0.3) is 5.91 Å². The van der Waals surface area contributed by atoms with Gasteiger partial charge in [-0.3, -0.25) is 9.78 Å². The number of benzene rings is 1. The summed E-state index contributed by atoms with van der Waals surface area (Å²) >= 11 is 0. The van der Waals surface area contributed by atoms with Crippen LogP contribution in [0.1, 0.15) is 49.0 Å². The van der Waals surface area contributed by atoms with E-state index >= 15 is 0 Å². The molecule has 1 aromatic heterocycles. The SMILES string of the molecule is CCOc1cc(C(=O)N2CCCCC2C)ccc1OCc1cccnc1. The van der Waals surface area contributed by atoms with Crippen LogP contribution in [0.5, 0.6) is 11.5 Å². The van der Waals surface area contributed by atoms with E-state index in [9.17, 15) is 4.79 Å². The molecule has 2 heterocycles. The molecule has 0 aliphatic carbocycles. The van der Waals surface area contributed by atoms with Gasteiger partial charge in [0, 0.05) is 36.1 Å². The zero-order valence-corrected chi connectivity index (χ0v) is 15.5. The summed E-state index contributed by atoms with van der Waals surface area (Å²) < 4.78 is 11.6. The molecule has 26 heavy (non-hydrogen) atoms. The van der Waals surface area contributed by atoms with Crippen molar-refractivity contribution in [3.05, 3.63) is 53.9 Å². The number of pyridine rings is 1. The largest absolute Gasteiger partial charge is 0.490 e. The Bertz CT molecular complexity index is 733. The highest BCUT2D eigenvalue weighted by Crippen LogP contribution is 2.30. The van der Waals surface area contributed by atoms with E-state index in [4.69, 9.17) is 9.47 Å². The van der Waals surface area contributed by atoms with E-state index in [0.29, 0.717) is 30.3 Å². The summed E-state index contributed by atoms with van der Waals surface area (Å²) in [6.45, 7) is 5.78. The van der Waals surface area contributed by atoms with Crippen LogP contribution in [-0.4, -0.2) is 35.0 Å². The first-order valence-corrected chi connectivity index (χ1v) is 9.28. The third kappa shape index (κ3) is 4.34. The van der Waals surface area contributed by atoms with E-state index in [1.54, 1.807) is 18.5 Å². The van der Waals surface area contributed by atoms with Crippen molar-refractivity contribution < 1.29 is 14.3 Å². The first-order chi connectivity index (χ1) is 12.7. The Morgan fingerprint density at radius 2 is 2.12 bits per heavy atom. The van der Waals surface area contributed by atoms with Gasteiger partial charge in [-0.1, -0.05) is 6.07 Å². The van der Waals surface area contributed by atoms with Crippen molar-refractivity contribution in [2.45, 2.75) is 45.8 Å². The van der Waals surface area contributed by atoms with E-state index in [1.165, 1.54) is 6.42 Å². The zero-order valence-electron chi connectivity index (χ0n) is 15.5. The number of hydrogen-bond acceptors (Lipinski definition) is 4. The van der Waals surface area contributed by atoms with Crippen LogP contribution in [-0.2, 0) is 6.61 Å². The Morgan fingerprint density at radius 3 is 2.85 bits per heavy atom. The van der Waals surface area contributed by atoms with Gasteiger partial charge in [-0.15, -0.1) is 0 Å². The van der Waals surface area contributed by atoms with Crippen molar-refractivity contribution in [1.82, 2.24) is 9.88 Å². The Kier molecular flexibility index (Phi) is 6.10. The topological polar surface area (TPSA) is 51.7 Å². The maximum Gasteiger partial charge on any atom is 0.254 e. The van der Waals surface area contributed by atoms with Crippen LogP contribution < -0.4 is 9.47 Å². The Balaban J connectivity index is 1.76. The first kappa shape index (κ1) is 18.2. The van der Waals surface area contributed by atoms with E-state index in [0.717, 1.165) is 24.9 Å². The second kappa shape index (κ2) is 8.70. The van der Waals surface area contributed by atoms with Crippen molar-refractivity contribution in [3.63, 3.8) is 0 Å². The summed E-state index contributed by atoms with van der Waals surface area (Å²) in [6, 6.07) is 9.57. The van der Waals surface area contributed by atoms with Gasteiger partial charge in [0.15, 0.2) is 11.5 Å². The van der Waals surface area contributed by atoms with Crippen LogP contribution in [0.3, 0.4) is 0 Å². The molecule has 0 N–H and O–H groups in total. The maximum atomic E-state index is 12.9. The summed E-state index contributed by atoms with van der Waals surface area (Å²) in [5.74, 6) is 1.31. The molecular weight excluding hydrogens is 328 g/mol. The normalized spacial score (nSPS) is 17.0. The molecule has 138 valence electrons. The lowest BCUT2D eigenvalue weighted by Crippen LogP contribution is -2.42. The van der Waals surface area contributed by atoms with E-state index < -0.39 is 0 Å². The third-order valence-corrected chi connectivity index (χ3v) is 4.67. The predicted octanol–water partition coefficient (Wildman–Crippen LogP) is 4.07. The van der Waals surface area contributed by atoms with Gasteiger partial charge in [-0.25, -0.2) is 0 Å². The van der Waals surface area contributed by atoms with Crippen LogP contribution in [0.2, 0.25) is 0 Å². The second-order valence-electron chi connectivity index (χ2n) is 6.59. The third-order valence-electron chi connectivity index (χ3n) is 4.67. The first-order valence-electron chi connectivity index (χ1n) is 9.28. The molecule has 0 bridgehead atoms. The quantitative estimate of drug-likeness (QED) is 0.784. The summed E-state index contributed by atoms with van der Waals surface area (Å²) in [6.07, 6.45) is 6.83. The molecule has 1 atom stereocenters. The monoisotopic (exact) mass is 354 g/mol. The Morgan fingerprint density at radius 1 is 1.23 bits per heavy atom. The number of piperidine rings is 1. The fraction of sp³-hybridized carbons (Fsp3) is 0.429. The molecule has 1 saturated heterocycles. The van der Waals surface area contributed by atoms with Crippen LogP contribution in [0, 0.1) is 0 Å². The number of nitrogens with zero attached hydrogens (tertiary/aromatic N) is 2. The van der Waals surface area contributed by atoms with E-state index in [2.05, 4.69) is 11.9 Å². The van der Waals surface area contributed by atoms with Crippen LogP contribution in [0.4, 0.5) is 0 Å². The fourth-order valence-corrected chi connectivity index (χ4v) is 3.24. The minimum atomic E-state index is 0.0666. The standard InChI is InChI=1S/C21H26N2O3/c1-3-25-20-13-18(21(24)23-12-5-4-7-16(23)2)9-10-19(20)26-15-17-8-6-11-22-14-17/h6,8-11,13-14,16H,3-5,7,12,15H2,1-2H3. The lowest BCUT2D eigenvalue weighted by Gasteiger charge is -2.33. The van der Waals surface area contributed by atoms with Crippen LogP contribution in [0.15, 0.2) is 42.7 Å². The average Bonchev–Trinajstić information content (AvgIpc) is 2.68. The van der Waals surface area contributed by atoms with Crippen molar-refractivity contribution in [3.8, 4) is 11.5 Å². The Hall–Kier alpha value is -2.56. The van der Waals surface area contributed by atoms with Gasteiger partial charge in [0.1, 0.15) is 6.61 Å². The van der Waals surface area contributed by atoms with Gasteiger partial charge in [0.2, 0.25) is 0 Å². The smallest absolute Gasteiger partial charge is 0.254 e. The molecule has 0 spiro atoms.